The molecule has 1 aromatic rings. The zero-order chi connectivity index (χ0) is 15.2. The summed E-state index contributed by atoms with van der Waals surface area (Å²) in [6, 6.07) is 5.41. The van der Waals surface area contributed by atoms with E-state index in [1.807, 2.05) is 4.90 Å². The molecule has 21 heavy (non-hydrogen) atoms. The molecule has 0 aromatic heterocycles. The number of halogens is 1. The van der Waals surface area contributed by atoms with Crippen molar-refractivity contribution in [2.24, 2.45) is 0 Å². The molecule has 1 aliphatic heterocycles. The molecule has 0 aliphatic carbocycles. The summed E-state index contributed by atoms with van der Waals surface area (Å²) in [7, 11) is 0. The number of aromatic hydroxyl groups is 1. The normalized spacial score (nSPS) is 17.9. The Morgan fingerprint density at radius 2 is 2.33 bits per heavy atom. The zero-order valence-electron chi connectivity index (χ0n) is 12.4. The molecule has 1 heterocycles. The first kappa shape index (κ1) is 16.3. The van der Waals surface area contributed by atoms with Gasteiger partial charge in [-0.05, 0) is 59.9 Å². The Balaban J connectivity index is 2.09. The highest BCUT2D eigenvalue weighted by Crippen LogP contribution is 2.25. The third-order valence-corrected chi connectivity index (χ3v) is 4.54. The highest BCUT2D eigenvalue weighted by atomic mass is 79.9. The van der Waals surface area contributed by atoms with Crippen LogP contribution in [0, 0.1) is 0 Å². The number of hydrogen-bond acceptors (Lipinski definition) is 3. The van der Waals surface area contributed by atoms with Gasteiger partial charge in [0.2, 0.25) is 0 Å². The summed E-state index contributed by atoms with van der Waals surface area (Å²) >= 11 is 3.24. The molecule has 1 fully saturated rings. The van der Waals surface area contributed by atoms with Crippen molar-refractivity contribution in [3.05, 3.63) is 28.2 Å². The maximum atomic E-state index is 12.7. The number of amides is 1. The van der Waals surface area contributed by atoms with Gasteiger partial charge in [0.1, 0.15) is 5.75 Å². The predicted molar refractivity (Wildman–Crippen MR) is 87.6 cm³/mol. The SMILES string of the molecule is CCCCN(CC1CCCN1)C(=O)c1ccc(Br)c(O)c1. The number of phenolic OH excluding ortho intramolecular Hbond substituents is 1. The van der Waals surface area contributed by atoms with Crippen molar-refractivity contribution >= 4 is 21.8 Å². The van der Waals surface area contributed by atoms with Crippen LogP contribution in [0.15, 0.2) is 22.7 Å². The molecule has 0 radical (unpaired) electrons. The van der Waals surface area contributed by atoms with Gasteiger partial charge in [-0.3, -0.25) is 4.79 Å². The molecule has 116 valence electrons. The molecule has 1 saturated heterocycles. The number of hydrogen-bond donors (Lipinski definition) is 2. The van der Waals surface area contributed by atoms with E-state index in [0.29, 0.717) is 16.1 Å². The topological polar surface area (TPSA) is 52.6 Å². The Morgan fingerprint density at radius 3 is 2.95 bits per heavy atom. The first-order valence-corrected chi connectivity index (χ1v) is 8.42. The molecule has 4 nitrogen and oxygen atoms in total. The molecule has 1 atom stereocenters. The second-order valence-electron chi connectivity index (χ2n) is 5.56. The van der Waals surface area contributed by atoms with Crippen LogP contribution in [-0.4, -0.2) is 41.6 Å². The standard InChI is InChI=1S/C16H23BrN2O2/c1-2-3-9-19(11-13-5-4-8-18-13)16(21)12-6-7-14(17)15(20)10-12/h6-7,10,13,18,20H,2-5,8-9,11H2,1H3. The fourth-order valence-electron chi connectivity index (χ4n) is 2.63. The summed E-state index contributed by atoms with van der Waals surface area (Å²) in [5, 5.41) is 13.2. The fourth-order valence-corrected chi connectivity index (χ4v) is 2.88. The molecule has 0 spiro atoms. The van der Waals surface area contributed by atoms with Gasteiger partial charge < -0.3 is 15.3 Å². The predicted octanol–water partition coefficient (Wildman–Crippen LogP) is 3.15. The third kappa shape index (κ3) is 4.45. The quantitative estimate of drug-likeness (QED) is 0.824. The summed E-state index contributed by atoms with van der Waals surface area (Å²) in [4.78, 5) is 14.6. The molecule has 0 saturated carbocycles. The Hall–Kier alpha value is -1.07. The lowest BCUT2D eigenvalue weighted by Gasteiger charge is -2.26. The van der Waals surface area contributed by atoms with Crippen molar-refractivity contribution in [2.75, 3.05) is 19.6 Å². The molecular weight excluding hydrogens is 332 g/mol. The van der Waals surface area contributed by atoms with Gasteiger partial charge in [0.25, 0.3) is 5.91 Å². The Kier molecular flexibility index (Phi) is 6.06. The largest absolute Gasteiger partial charge is 0.507 e. The van der Waals surface area contributed by atoms with Gasteiger partial charge in [-0.2, -0.15) is 0 Å². The smallest absolute Gasteiger partial charge is 0.254 e. The summed E-state index contributed by atoms with van der Waals surface area (Å²) in [6.07, 6.45) is 4.37. The van der Waals surface area contributed by atoms with Gasteiger partial charge in [-0.25, -0.2) is 0 Å². The first-order chi connectivity index (χ1) is 10.1. The molecular formula is C16H23BrN2O2. The van der Waals surface area contributed by atoms with Crippen LogP contribution in [-0.2, 0) is 0 Å². The van der Waals surface area contributed by atoms with E-state index >= 15 is 0 Å². The van der Waals surface area contributed by atoms with E-state index in [-0.39, 0.29) is 11.7 Å². The minimum atomic E-state index is -0.0000463. The summed E-state index contributed by atoms with van der Waals surface area (Å²) in [6.45, 7) is 4.68. The van der Waals surface area contributed by atoms with Gasteiger partial charge >= 0.3 is 0 Å². The van der Waals surface area contributed by atoms with Gasteiger partial charge in [0, 0.05) is 24.7 Å². The molecule has 2 N–H and O–H groups in total. The average molecular weight is 355 g/mol. The van der Waals surface area contributed by atoms with E-state index in [1.165, 1.54) is 12.5 Å². The number of nitrogens with one attached hydrogen (secondary N) is 1. The van der Waals surface area contributed by atoms with Crippen LogP contribution >= 0.6 is 15.9 Å². The van der Waals surface area contributed by atoms with Crippen LogP contribution in [0.1, 0.15) is 43.0 Å². The van der Waals surface area contributed by atoms with E-state index in [0.717, 1.165) is 38.9 Å². The van der Waals surface area contributed by atoms with Gasteiger partial charge in [0.15, 0.2) is 0 Å². The summed E-state index contributed by atoms with van der Waals surface area (Å²) in [5.74, 6) is 0.107. The third-order valence-electron chi connectivity index (χ3n) is 3.87. The second kappa shape index (κ2) is 7.80. The minimum Gasteiger partial charge on any atom is -0.507 e. The minimum absolute atomic E-state index is 0.0000463. The van der Waals surface area contributed by atoms with Crippen LogP contribution < -0.4 is 5.32 Å². The average Bonchev–Trinajstić information content (AvgIpc) is 2.98. The molecule has 2 rings (SSSR count). The van der Waals surface area contributed by atoms with E-state index in [4.69, 9.17) is 0 Å². The lowest BCUT2D eigenvalue weighted by atomic mass is 10.1. The van der Waals surface area contributed by atoms with Crippen molar-refractivity contribution in [2.45, 2.75) is 38.6 Å². The maximum absolute atomic E-state index is 12.7. The Bertz CT molecular complexity index is 487. The summed E-state index contributed by atoms with van der Waals surface area (Å²) < 4.78 is 0.608. The van der Waals surface area contributed by atoms with Crippen LogP contribution in [0.5, 0.6) is 5.75 Å². The van der Waals surface area contributed by atoms with E-state index in [2.05, 4.69) is 28.2 Å². The number of rotatable bonds is 6. The molecule has 1 unspecified atom stereocenters. The van der Waals surface area contributed by atoms with Gasteiger partial charge in [-0.15, -0.1) is 0 Å². The number of unbranched alkanes of at least 4 members (excludes halogenated alkanes) is 1. The summed E-state index contributed by atoms with van der Waals surface area (Å²) in [5.41, 5.74) is 0.546. The van der Waals surface area contributed by atoms with Crippen LogP contribution in [0.2, 0.25) is 0 Å². The van der Waals surface area contributed by atoms with E-state index < -0.39 is 0 Å². The molecule has 1 aromatic carbocycles. The number of benzene rings is 1. The first-order valence-electron chi connectivity index (χ1n) is 7.63. The van der Waals surface area contributed by atoms with Gasteiger partial charge in [0.05, 0.1) is 4.47 Å². The lowest BCUT2D eigenvalue weighted by Crippen LogP contribution is -2.41. The van der Waals surface area contributed by atoms with Crippen molar-refractivity contribution in [3.63, 3.8) is 0 Å². The van der Waals surface area contributed by atoms with Gasteiger partial charge in [-0.1, -0.05) is 13.3 Å². The molecule has 0 bridgehead atoms. The molecule has 5 heteroatoms. The van der Waals surface area contributed by atoms with Crippen molar-refractivity contribution in [3.8, 4) is 5.75 Å². The van der Waals surface area contributed by atoms with E-state index in [1.54, 1.807) is 12.1 Å². The fraction of sp³-hybridized carbons (Fsp3) is 0.562. The zero-order valence-corrected chi connectivity index (χ0v) is 14.0. The van der Waals surface area contributed by atoms with E-state index in [9.17, 15) is 9.90 Å². The lowest BCUT2D eigenvalue weighted by molar-refractivity contribution is 0.0739. The highest BCUT2D eigenvalue weighted by molar-refractivity contribution is 9.10. The van der Waals surface area contributed by atoms with Crippen LogP contribution in [0.4, 0.5) is 0 Å². The number of phenols is 1. The monoisotopic (exact) mass is 354 g/mol. The molecule has 1 amide bonds. The van der Waals surface area contributed by atoms with Crippen molar-refractivity contribution in [1.29, 1.82) is 0 Å². The second-order valence-corrected chi connectivity index (χ2v) is 6.42. The molecule has 1 aliphatic rings. The van der Waals surface area contributed by atoms with Crippen LogP contribution in [0.3, 0.4) is 0 Å². The Labute approximate surface area is 134 Å². The highest BCUT2D eigenvalue weighted by Gasteiger charge is 2.22. The number of carbonyl (C=O) groups is 1. The van der Waals surface area contributed by atoms with Crippen molar-refractivity contribution in [1.82, 2.24) is 10.2 Å². The Morgan fingerprint density at radius 1 is 1.52 bits per heavy atom. The number of carbonyl (C=O) groups excluding carboxylic acids is 1. The van der Waals surface area contributed by atoms with Crippen LogP contribution in [0.25, 0.3) is 0 Å². The number of nitrogens with zero attached hydrogens (tertiary/aromatic N) is 1. The maximum Gasteiger partial charge on any atom is 0.254 e. The van der Waals surface area contributed by atoms with Crippen molar-refractivity contribution < 1.29 is 9.90 Å².